The Balaban J connectivity index is 1.66. The molecule has 3 rings (SSSR count). The van der Waals surface area contributed by atoms with E-state index in [2.05, 4.69) is 5.32 Å². The van der Waals surface area contributed by atoms with Crippen LogP contribution in [0.4, 0.5) is 4.79 Å². The number of phenolic OH excluding ortho intramolecular Hbond substituents is 1. The van der Waals surface area contributed by atoms with E-state index in [0.717, 1.165) is 17.7 Å². The van der Waals surface area contributed by atoms with E-state index in [1.54, 1.807) is 41.3 Å². The summed E-state index contributed by atoms with van der Waals surface area (Å²) in [5, 5.41) is 13.0. The fraction of sp³-hybridized carbons (Fsp3) is 0.318. The highest BCUT2D eigenvalue weighted by Crippen LogP contribution is 2.26. The highest BCUT2D eigenvalue weighted by atomic mass is 32.2. The molecule has 0 aliphatic carbocycles. The van der Waals surface area contributed by atoms with E-state index in [0.29, 0.717) is 30.6 Å². The molecule has 7 nitrogen and oxygen atoms in total. The first-order valence-electron chi connectivity index (χ1n) is 9.76. The normalized spacial score (nSPS) is 16.6. The predicted octanol–water partition coefficient (Wildman–Crippen LogP) is 3.01. The van der Waals surface area contributed by atoms with Gasteiger partial charge in [0.05, 0.1) is 5.56 Å². The van der Waals surface area contributed by atoms with Crippen LogP contribution in [0, 0.1) is 0 Å². The molecular weight excluding hydrogens is 402 g/mol. The third-order valence-corrected chi connectivity index (χ3v) is 5.96. The summed E-state index contributed by atoms with van der Waals surface area (Å²) in [5.74, 6) is -0.595. The number of ketones is 1. The van der Waals surface area contributed by atoms with Crippen LogP contribution in [0.15, 0.2) is 47.4 Å². The Morgan fingerprint density at radius 2 is 1.77 bits per heavy atom. The molecule has 0 unspecified atom stereocenters. The number of aromatic hydroxyl groups is 1. The van der Waals surface area contributed by atoms with Crippen molar-refractivity contribution in [2.24, 2.45) is 5.73 Å². The van der Waals surface area contributed by atoms with Crippen LogP contribution < -0.4 is 11.1 Å². The Hall–Kier alpha value is -3.00. The lowest BCUT2D eigenvalue weighted by Gasteiger charge is -2.18. The topological polar surface area (TPSA) is 113 Å². The van der Waals surface area contributed by atoms with Gasteiger partial charge in [0.15, 0.2) is 5.78 Å². The number of rotatable bonds is 5. The van der Waals surface area contributed by atoms with Gasteiger partial charge in [0.1, 0.15) is 5.75 Å². The Labute approximate surface area is 179 Å². The Bertz CT molecular complexity index is 946. The van der Waals surface area contributed by atoms with Gasteiger partial charge < -0.3 is 21.1 Å². The smallest absolute Gasteiger partial charge is 0.314 e. The molecule has 2 aromatic rings. The number of nitrogens with two attached hydrogens (primary N) is 1. The summed E-state index contributed by atoms with van der Waals surface area (Å²) in [4.78, 5) is 39.1. The molecule has 30 heavy (non-hydrogen) atoms. The number of likely N-dealkylation sites (tertiary alicyclic amines) is 1. The van der Waals surface area contributed by atoms with Crippen LogP contribution in [-0.4, -0.2) is 53.1 Å². The average Bonchev–Trinajstić information content (AvgIpc) is 2.99. The number of carbonyl (C=O) groups excluding carboxylic acids is 3. The number of phenols is 1. The third kappa shape index (κ3) is 5.13. The van der Waals surface area contributed by atoms with E-state index in [1.807, 2.05) is 6.26 Å². The van der Waals surface area contributed by atoms with Crippen molar-refractivity contribution < 1.29 is 19.5 Å². The maximum absolute atomic E-state index is 12.7. The van der Waals surface area contributed by atoms with Gasteiger partial charge in [0.2, 0.25) is 0 Å². The van der Waals surface area contributed by atoms with Gasteiger partial charge in [-0.3, -0.25) is 9.59 Å². The number of primary amides is 1. The molecule has 3 amide bonds. The molecule has 1 aliphatic rings. The lowest BCUT2D eigenvalue weighted by atomic mass is 10.0. The number of hydrogen-bond acceptors (Lipinski definition) is 5. The molecule has 2 aromatic carbocycles. The molecule has 0 radical (unpaired) electrons. The molecule has 0 saturated carbocycles. The maximum atomic E-state index is 12.7. The van der Waals surface area contributed by atoms with Crippen LogP contribution in [0.1, 0.15) is 45.5 Å². The summed E-state index contributed by atoms with van der Waals surface area (Å²) in [6.45, 7) is 1.12. The first-order chi connectivity index (χ1) is 14.4. The number of amides is 3. The molecule has 1 aliphatic heterocycles. The zero-order valence-corrected chi connectivity index (χ0v) is 17.6. The minimum Gasteiger partial charge on any atom is -0.507 e. The fourth-order valence-corrected chi connectivity index (χ4v) is 3.92. The molecule has 158 valence electrons. The minimum atomic E-state index is -0.434. The fourth-order valence-electron chi connectivity index (χ4n) is 3.48. The number of benzene rings is 2. The van der Waals surface area contributed by atoms with Crippen LogP contribution in [0.25, 0.3) is 0 Å². The quantitative estimate of drug-likeness (QED) is 0.502. The van der Waals surface area contributed by atoms with Crippen LogP contribution in [0.2, 0.25) is 0 Å². The van der Waals surface area contributed by atoms with Crippen LogP contribution in [0.5, 0.6) is 5.75 Å². The Morgan fingerprint density at radius 3 is 2.43 bits per heavy atom. The first-order valence-corrected chi connectivity index (χ1v) is 11.0. The molecule has 1 fully saturated rings. The number of hydrogen-bond donors (Lipinski definition) is 3. The average molecular weight is 428 g/mol. The highest BCUT2D eigenvalue weighted by Gasteiger charge is 2.21. The van der Waals surface area contributed by atoms with Crippen molar-refractivity contribution >= 4 is 29.5 Å². The Morgan fingerprint density at radius 1 is 1.07 bits per heavy atom. The van der Waals surface area contributed by atoms with E-state index in [-0.39, 0.29) is 29.0 Å². The molecule has 4 N–H and O–H groups in total. The second-order valence-electron chi connectivity index (χ2n) is 7.22. The summed E-state index contributed by atoms with van der Waals surface area (Å²) in [6.07, 6.45) is 4.10. The SMILES string of the molecule is CSc1ccc(O)c(C(=O)c2ccc(C(=O)N[C@H]3CCCN(C(N)=O)CC3)cc2)c1. The summed E-state index contributed by atoms with van der Waals surface area (Å²) in [5.41, 5.74) is 6.41. The van der Waals surface area contributed by atoms with Crippen molar-refractivity contribution in [2.75, 3.05) is 19.3 Å². The van der Waals surface area contributed by atoms with Crippen LogP contribution in [0.3, 0.4) is 0 Å². The summed E-state index contributed by atoms with van der Waals surface area (Å²) in [7, 11) is 0. The molecule has 0 bridgehead atoms. The molecular formula is C22H25N3O4S. The minimum absolute atomic E-state index is 0.0330. The van der Waals surface area contributed by atoms with E-state index in [9.17, 15) is 19.5 Å². The molecule has 1 atom stereocenters. The van der Waals surface area contributed by atoms with Gasteiger partial charge in [-0.1, -0.05) is 12.1 Å². The van der Waals surface area contributed by atoms with E-state index in [1.165, 1.54) is 17.8 Å². The number of nitrogens with one attached hydrogen (secondary N) is 1. The molecule has 0 aromatic heterocycles. The van der Waals surface area contributed by atoms with Gasteiger partial charge >= 0.3 is 6.03 Å². The highest BCUT2D eigenvalue weighted by molar-refractivity contribution is 7.98. The van der Waals surface area contributed by atoms with E-state index in [4.69, 9.17) is 5.73 Å². The predicted molar refractivity (Wildman–Crippen MR) is 116 cm³/mol. The lowest BCUT2D eigenvalue weighted by molar-refractivity contribution is 0.0932. The van der Waals surface area contributed by atoms with Crippen molar-refractivity contribution in [1.29, 1.82) is 0 Å². The number of nitrogens with zero attached hydrogens (tertiary/aromatic N) is 1. The monoisotopic (exact) mass is 427 g/mol. The number of urea groups is 1. The van der Waals surface area contributed by atoms with Crippen molar-refractivity contribution in [2.45, 2.75) is 30.2 Å². The summed E-state index contributed by atoms with van der Waals surface area (Å²) in [6, 6.07) is 10.8. The van der Waals surface area contributed by atoms with Gasteiger partial charge in [-0.05, 0) is 55.9 Å². The summed E-state index contributed by atoms with van der Waals surface area (Å²) >= 11 is 1.49. The second-order valence-corrected chi connectivity index (χ2v) is 8.10. The van der Waals surface area contributed by atoms with Gasteiger partial charge in [-0.25, -0.2) is 4.79 Å². The van der Waals surface area contributed by atoms with Crippen LogP contribution >= 0.6 is 11.8 Å². The molecule has 8 heteroatoms. The van der Waals surface area contributed by atoms with Gasteiger partial charge in [-0.2, -0.15) is 0 Å². The van der Waals surface area contributed by atoms with E-state index < -0.39 is 6.03 Å². The number of carbonyl (C=O) groups is 3. The van der Waals surface area contributed by atoms with Gasteiger partial charge in [0, 0.05) is 35.2 Å². The van der Waals surface area contributed by atoms with Crippen LogP contribution in [-0.2, 0) is 0 Å². The largest absolute Gasteiger partial charge is 0.507 e. The second kappa shape index (κ2) is 9.67. The first kappa shape index (κ1) is 21.7. The van der Waals surface area contributed by atoms with Crippen molar-refractivity contribution in [3.05, 3.63) is 59.2 Å². The Kier molecular flexibility index (Phi) is 6.99. The lowest BCUT2D eigenvalue weighted by Crippen LogP contribution is -2.38. The standard InChI is InChI=1S/C22H25N3O4S/c1-30-17-8-9-19(26)18(13-17)20(27)14-4-6-15(7-5-14)21(28)24-16-3-2-11-25(12-10-16)22(23)29/h4-9,13,16,26H,2-3,10-12H2,1H3,(H2,23,29)(H,24,28)/t16-/m0/s1. The van der Waals surface area contributed by atoms with Gasteiger partial charge in [0.25, 0.3) is 5.91 Å². The van der Waals surface area contributed by atoms with Crippen molar-refractivity contribution in [1.82, 2.24) is 10.2 Å². The zero-order chi connectivity index (χ0) is 21.7. The van der Waals surface area contributed by atoms with E-state index >= 15 is 0 Å². The molecule has 0 spiro atoms. The van der Waals surface area contributed by atoms with Gasteiger partial charge in [-0.15, -0.1) is 11.8 Å². The third-order valence-electron chi connectivity index (χ3n) is 5.23. The van der Waals surface area contributed by atoms with Crippen molar-refractivity contribution in [3.8, 4) is 5.75 Å². The summed E-state index contributed by atoms with van der Waals surface area (Å²) < 4.78 is 0. The zero-order valence-electron chi connectivity index (χ0n) is 16.8. The molecule has 1 heterocycles. The van der Waals surface area contributed by atoms with Crippen molar-refractivity contribution in [3.63, 3.8) is 0 Å². The number of thioether (sulfide) groups is 1. The maximum Gasteiger partial charge on any atom is 0.314 e. The molecule has 1 saturated heterocycles.